The Morgan fingerprint density at radius 1 is 1.18 bits per heavy atom. The molecule has 0 spiro atoms. The van der Waals surface area contributed by atoms with Crippen LogP contribution in [0.3, 0.4) is 0 Å². The second-order valence-corrected chi connectivity index (χ2v) is 7.65. The van der Waals surface area contributed by atoms with Gasteiger partial charge in [0.05, 0.1) is 5.92 Å². The number of primary amides is 1. The molecule has 0 radical (unpaired) electrons. The largest absolute Gasteiger partial charge is 0.481 e. The molecule has 176 valence electrons. The van der Waals surface area contributed by atoms with Crippen LogP contribution < -0.4 is 10.5 Å². The standard InChI is InChI=1S/C21H24N6O4.C2H6/c1-12(2)8-17(21(29)30)16(20-24-26-27-25-20)9-13-6-7-18(23-11-13)31-15-5-3-4-14(10-15)19(22)28;1-2/h3-7,10-12,16-17H,8-9H2,1-2H3,(H2,22,28)(H,29,30)(H,24,25,26,27);1-2H3/t16-,17-;/m0./s1. The van der Waals surface area contributed by atoms with E-state index in [0.29, 0.717) is 35.9 Å². The lowest BCUT2D eigenvalue weighted by molar-refractivity contribution is -0.143. The summed E-state index contributed by atoms with van der Waals surface area (Å²) < 4.78 is 5.69. The lowest BCUT2D eigenvalue weighted by atomic mass is 9.81. The highest BCUT2D eigenvalue weighted by atomic mass is 16.5. The Balaban J connectivity index is 0.00000187. The molecule has 0 bridgehead atoms. The number of hydrogen-bond donors (Lipinski definition) is 3. The van der Waals surface area contributed by atoms with E-state index in [0.717, 1.165) is 5.56 Å². The summed E-state index contributed by atoms with van der Waals surface area (Å²) in [4.78, 5) is 27.6. The second kappa shape index (κ2) is 12.3. The average molecular weight is 455 g/mol. The summed E-state index contributed by atoms with van der Waals surface area (Å²) >= 11 is 0. The van der Waals surface area contributed by atoms with E-state index >= 15 is 0 Å². The number of hydrogen-bond acceptors (Lipinski definition) is 7. The maximum Gasteiger partial charge on any atom is 0.307 e. The van der Waals surface area contributed by atoms with Gasteiger partial charge in [-0.2, -0.15) is 5.21 Å². The highest BCUT2D eigenvalue weighted by Crippen LogP contribution is 2.31. The quantitative estimate of drug-likeness (QED) is 0.419. The third kappa shape index (κ3) is 7.37. The van der Waals surface area contributed by atoms with Crippen LogP contribution in [0.2, 0.25) is 0 Å². The van der Waals surface area contributed by atoms with E-state index in [1.165, 1.54) is 6.07 Å². The van der Waals surface area contributed by atoms with Gasteiger partial charge in [0.25, 0.3) is 0 Å². The van der Waals surface area contributed by atoms with Gasteiger partial charge in [-0.05, 0) is 42.5 Å². The molecule has 2 atom stereocenters. The SMILES string of the molecule is CC.CC(C)C[C@H](C(=O)O)[C@H](Cc1ccc(Oc2cccc(C(N)=O)c2)nc1)c1nn[nH]n1. The molecule has 0 unspecified atom stereocenters. The molecule has 0 aliphatic heterocycles. The van der Waals surface area contributed by atoms with Gasteiger partial charge < -0.3 is 15.6 Å². The number of carboxylic acids is 1. The molecule has 0 aliphatic carbocycles. The van der Waals surface area contributed by atoms with Crippen molar-refractivity contribution in [3.05, 3.63) is 59.5 Å². The first-order valence-corrected chi connectivity index (χ1v) is 10.8. The number of tetrazole rings is 1. The van der Waals surface area contributed by atoms with E-state index in [2.05, 4.69) is 25.6 Å². The first-order chi connectivity index (χ1) is 15.8. The highest BCUT2D eigenvalue weighted by molar-refractivity contribution is 5.93. The molecule has 1 aromatic carbocycles. The number of nitrogens with zero attached hydrogens (tertiary/aromatic N) is 4. The number of aromatic amines is 1. The Morgan fingerprint density at radius 2 is 1.94 bits per heavy atom. The first kappa shape index (κ1) is 25.4. The van der Waals surface area contributed by atoms with Gasteiger partial charge in [0.15, 0.2) is 5.82 Å². The van der Waals surface area contributed by atoms with Crippen LogP contribution in [0.4, 0.5) is 0 Å². The predicted molar refractivity (Wildman–Crippen MR) is 122 cm³/mol. The molecule has 2 heterocycles. The van der Waals surface area contributed by atoms with Crippen molar-refractivity contribution in [3.63, 3.8) is 0 Å². The predicted octanol–water partition coefficient (Wildman–Crippen LogP) is 3.59. The van der Waals surface area contributed by atoms with Crippen molar-refractivity contribution in [3.8, 4) is 11.6 Å². The zero-order chi connectivity index (χ0) is 24.4. The van der Waals surface area contributed by atoms with Crippen molar-refractivity contribution in [1.29, 1.82) is 0 Å². The number of nitrogens with one attached hydrogen (secondary N) is 1. The number of carbonyl (C=O) groups is 2. The number of pyridine rings is 1. The Labute approximate surface area is 192 Å². The maximum absolute atomic E-state index is 11.9. The van der Waals surface area contributed by atoms with Crippen LogP contribution in [-0.4, -0.2) is 42.6 Å². The summed E-state index contributed by atoms with van der Waals surface area (Å²) in [5.74, 6) is -1.24. The fourth-order valence-electron chi connectivity index (χ4n) is 3.36. The molecule has 0 aliphatic rings. The molecule has 0 saturated carbocycles. The smallest absolute Gasteiger partial charge is 0.307 e. The lowest BCUT2D eigenvalue weighted by Gasteiger charge is -2.23. The molecule has 3 aromatic rings. The number of carboxylic acid groups (broad SMARTS) is 1. The van der Waals surface area contributed by atoms with Crippen molar-refractivity contribution in [1.82, 2.24) is 25.6 Å². The van der Waals surface area contributed by atoms with Gasteiger partial charge >= 0.3 is 5.97 Å². The van der Waals surface area contributed by atoms with Crippen molar-refractivity contribution in [2.45, 2.75) is 46.5 Å². The minimum Gasteiger partial charge on any atom is -0.481 e. The van der Waals surface area contributed by atoms with Crippen LogP contribution in [0.25, 0.3) is 0 Å². The van der Waals surface area contributed by atoms with Crippen LogP contribution in [0, 0.1) is 11.8 Å². The summed E-state index contributed by atoms with van der Waals surface area (Å²) in [6.07, 6.45) is 2.49. The molecule has 10 heteroatoms. The number of ether oxygens (including phenoxy) is 1. The molecule has 4 N–H and O–H groups in total. The van der Waals surface area contributed by atoms with Gasteiger partial charge in [-0.25, -0.2) is 4.98 Å². The summed E-state index contributed by atoms with van der Waals surface area (Å²) in [5.41, 5.74) is 6.43. The van der Waals surface area contributed by atoms with E-state index in [1.54, 1.807) is 30.5 Å². The molecular weight excluding hydrogens is 424 g/mol. The molecular formula is C23H30N6O4. The van der Waals surface area contributed by atoms with Gasteiger partial charge in [-0.1, -0.05) is 45.0 Å². The molecule has 0 fully saturated rings. The summed E-state index contributed by atoms with van der Waals surface area (Å²) in [6, 6.07) is 9.98. The highest BCUT2D eigenvalue weighted by Gasteiger charge is 2.33. The number of H-pyrrole nitrogens is 1. The minimum absolute atomic E-state index is 0.195. The molecule has 33 heavy (non-hydrogen) atoms. The Kier molecular flexibility index (Phi) is 9.46. The minimum atomic E-state index is -0.897. The number of amides is 1. The van der Waals surface area contributed by atoms with Crippen molar-refractivity contribution < 1.29 is 19.4 Å². The molecule has 10 nitrogen and oxygen atoms in total. The number of aliphatic carboxylic acids is 1. The molecule has 2 aromatic heterocycles. The zero-order valence-corrected chi connectivity index (χ0v) is 19.2. The summed E-state index contributed by atoms with van der Waals surface area (Å²) in [7, 11) is 0. The van der Waals surface area contributed by atoms with Crippen LogP contribution in [0.5, 0.6) is 11.6 Å². The second-order valence-electron chi connectivity index (χ2n) is 7.65. The van der Waals surface area contributed by atoms with Crippen molar-refractivity contribution >= 4 is 11.9 Å². The Hall–Kier alpha value is -3.82. The maximum atomic E-state index is 11.9. The molecule has 3 rings (SSSR count). The van der Waals surface area contributed by atoms with Gasteiger partial charge in [0, 0.05) is 23.7 Å². The lowest BCUT2D eigenvalue weighted by Crippen LogP contribution is -2.26. The van der Waals surface area contributed by atoms with E-state index in [4.69, 9.17) is 10.5 Å². The monoisotopic (exact) mass is 454 g/mol. The van der Waals surface area contributed by atoms with Crippen LogP contribution in [0.15, 0.2) is 42.6 Å². The van der Waals surface area contributed by atoms with Gasteiger partial charge in [-0.3, -0.25) is 9.59 Å². The third-order valence-corrected chi connectivity index (χ3v) is 4.82. The third-order valence-electron chi connectivity index (χ3n) is 4.82. The number of carbonyl (C=O) groups excluding carboxylic acids is 1. The summed E-state index contributed by atoms with van der Waals surface area (Å²) in [5, 5.41) is 23.8. The number of rotatable bonds is 10. The molecule has 0 saturated heterocycles. The topological polar surface area (TPSA) is 157 Å². The number of nitrogens with two attached hydrogens (primary N) is 1. The average Bonchev–Trinajstić information content (AvgIpc) is 3.33. The van der Waals surface area contributed by atoms with Crippen LogP contribution in [-0.2, 0) is 11.2 Å². The normalized spacial score (nSPS) is 12.4. The Bertz CT molecular complexity index is 1020. The van der Waals surface area contributed by atoms with Gasteiger partial charge in [0.2, 0.25) is 11.8 Å². The zero-order valence-electron chi connectivity index (χ0n) is 19.2. The number of benzene rings is 1. The van der Waals surface area contributed by atoms with E-state index in [-0.39, 0.29) is 5.92 Å². The number of aromatic nitrogens is 5. The van der Waals surface area contributed by atoms with Crippen LogP contribution >= 0.6 is 0 Å². The van der Waals surface area contributed by atoms with E-state index < -0.39 is 23.7 Å². The van der Waals surface area contributed by atoms with E-state index in [9.17, 15) is 14.7 Å². The summed E-state index contributed by atoms with van der Waals surface area (Å²) in [6.45, 7) is 7.95. The van der Waals surface area contributed by atoms with Crippen molar-refractivity contribution in [2.24, 2.45) is 17.6 Å². The van der Waals surface area contributed by atoms with Crippen LogP contribution in [0.1, 0.15) is 61.8 Å². The van der Waals surface area contributed by atoms with E-state index in [1.807, 2.05) is 33.8 Å². The van der Waals surface area contributed by atoms with Gasteiger partial charge in [0.1, 0.15) is 5.75 Å². The van der Waals surface area contributed by atoms with Crippen molar-refractivity contribution in [2.75, 3.05) is 0 Å². The van der Waals surface area contributed by atoms with Gasteiger partial charge in [-0.15, -0.1) is 10.2 Å². The fourth-order valence-corrected chi connectivity index (χ4v) is 3.36. The first-order valence-electron chi connectivity index (χ1n) is 10.8. The Morgan fingerprint density at radius 3 is 2.48 bits per heavy atom. The molecule has 1 amide bonds. The fraction of sp³-hybridized carbons (Fsp3) is 0.391.